The lowest BCUT2D eigenvalue weighted by Gasteiger charge is -2.37. The molecule has 0 radical (unpaired) electrons. The number of piperazine rings is 1. The molecule has 1 amide bonds. The standard InChI is InChI=1S/C27H28BrN3O4.ClH/c1-34-25-11-9-21(28)17-22(25)26(32)29-23-16-20(27(33)35-2)8-10-24(23)31-14-12-30(13-15-31)18-19-6-4-3-5-7-19;/h3-11,16-17H,12-15,18H2,1-2H3,(H,29,32);1H. The Balaban J connectivity index is 0.00000361. The topological polar surface area (TPSA) is 71.1 Å². The van der Waals surface area contributed by atoms with E-state index in [0.29, 0.717) is 22.6 Å². The first-order valence-corrected chi connectivity index (χ1v) is 12.2. The summed E-state index contributed by atoms with van der Waals surface area (Å²) < 4.78 is 11.0. The van der Waals surface area contributed by atoms with E-state index in [4.69, 9.17) is 9.47 Å². The van der Waals surface area contributed by atoms with Gasteiger partial charge in [0.05, 0.1) is 36.7 Å². The second-order valence-corrected chi connectivity index (χ2v) is 9.19. The zero-order chi connectivity index (χ0) is 24.8. The van der Waals surface area contributed by atoms with Crippen LogP contribution in [0.15, 0.2) is 71.2 Å². The van der Waals surface area contributed by atoms with Gasteiger partial charge in [0.1, 0.15) is 5.75 Å². The van der Waals surface area contributed by atoms with E-state index in [9.17, 15) is 9.59 Å². The highest BCUT2D eigenvalue weighted by atomic mass is 79.9. The summed E-state index contributed by atoms with van der Waals surface area (Å²) in [6.07, 6.45) is 0. The van der Waals surface area contributed by atoms with Gasteiger partial charge in [-0.25, -0.2) is 4.79 Å². The summed E-state index contributed by atoms with van der Waals surface area (Å²) in [5.41, 5.74) is 3.47. The monoisotopic (exact) mass is 573 g/mol. The largest absolute Gasteiger partial charge is 0.496 e. The van der Waals surface area contributed by atoms with Crippen LogP contribution in [-0.2, 0) is 11.3 Å². The third kappa shape index (κ3) is 6.57. The maximum Gasteiger partial charge on any atom is 0.337 e. The summed E-state index contributed by atoms with van der Waals surface area (Å²) in [5.74, 6) is -0.320. The summed E-state index contributed by atoms with van der Waals surface area (Å²) in [7, 11) is 2.87. The highest BCUT2D eigenvalue weighted by Gasteiger charge is 2.22. The number of hydrogen-bond donors (Lipinski definition) is 1. The van der Waals surface area contributed by atoms with Gasteiger partial charge in [-0.2, -0.15) is 0 Å². The van der Waals surface area contributed by atoms with Gasteiger partial charge in [-0.3, -0.25) is 9.69 Å². The highest BCUT2D eigenvalue weighted by Crippen LogP contribution is 2.31. The predicted octanol–water partition coefficient (Wildman–Crippen LogP) is 5.24. The number of esters is 1. The molecule has 4 rings (SSSR count). The lowest BCUT2D eigenvalue weighted by Crippen LogP contribution is -2.46. The van der Waals surface area contributed by atoms with E-state index >= 15 is 0 Å². The molecule has 190 valence electrons. The molecule has 0 saturated carbocycles. The smallest absolute Gasteiger partial charge is 0.337 e. The molecule has 0 bridgehead atoms. The molecule has 1 heterocycles. The molecule has 1 aliphatic heterocycles. The summed E-state index contributed by atoms with van der Waals surface area (Å²) in [4.78, 5) is 30.1. The summed E-state index contributed by atoms with van der Waals surface area (Å²) >= 11 is 3.42. The number of anilines is 2. The first-order chi connectivity index (χ1) is 17.0. The average molecular weight is 575 g/mol. The van der Waals surface area contributed by atoms with E-state index < -0.39 is 5.97 Å². The number of halogens is 2. The average Bonchev–Trinajstić information content (AvgIpc) is 2.89. The van der Waals surface area contributed by atoms with Crippen molar-refractivity contribution in [2.24, 2.45) is 0 Å². The molecule has 1 fully saturated rings. The Morgan fingerprint density at radius 3 is 2.33 bits per heavy atom. The van der Waals surface area contributed by atoms with Crippen molar-refractivity contribution in [3.8, 4) is 5.75 Å². The number of hydrogen-bond acceptors (Lipinski definition) is 6. The van der Waals surface area contributed by atoms with Crippen molar-refractivity contribution < 1.29 is 19.1 Å². The molecule has 1 saturated heterocycles. The molecule has 0 aromatic heterocycles. The number of benzene rings is 3. The summed E-state index contributed by atoms with van der Waals surface area (Å²) in [6.45, 7) is 4.28. The van der Waals surface area contributed by atoms with E-state index in [-0.39, 0.29) is 18.3 Å². The Morgan fingerprint density at radius 2 is 1.67 bits per heavy atom. The van der Waals surface area contributed by atoms with Crippen LogP contribution in [0.4, 0.5) is 11.4 Å². The Kier molecular flexibility index (Phi) is 9.75. The summed E-state index contributed by atoms with van der Waals surface area (Å²) in [6, 6.07) is 20.9. The van der Waals surface area contributed by atoms with Crippen molar-refractivity contribution in [2.45, 2.75) is 6.54 Å². The minimum atomic E-state index is -0.459. The third-order valence-corrected chi connectivity index (χ3v) is 6.53. The zero-order valence-corrected chi connectivity index (χ0v) is 22.6. The van der Waals surface area contributed by atoms with Crippen LogP contribution in [0.25, 0.3) is 0 Å². The minimum Gasteiger partial charge on any atom is -0.496 e. The lowest BCUT2D eigenvalue weighted by atomic mass is 10.1. The molecule has 3 aromatic rings. The fourth-order valence-electron chi connectivity index (χ4n) is 4.19. The van der Waals surface area contributed by atoms with Crippen molar-refractivity contribution in [2.75, 3.05) is 50.6 Å². The normalized spacial score (nSPS) is 13.5. The zero-order valence-electron chi connectivity index (χ0n) is 20.2. The van der Waals surface area contributed by atoms with Gasteiger partial charge in [-0.05, 0) is 42.0 Å². The van der Waals surface area contributed by atoms with Crippen LogP contribution in [0.2, 0.25) is 0 Å². The van der Waals surface area contributed by atoms with Gasteiger partial charge in [-0.1, -0.05) is 46.3 Å². The quantitative estimate of drug-likeness (QED) is 0.389. The van der Waals surface area contributed by atoms with Gasteiger partial charge in [-0.15, -0.1) is 12.4 Å². The van der Waals surface area contributed by atoms with Crippen LogP contribution in [0.1, 0.15) is 26.3 Å². The second-order valence-electron chi connectivity index (χ2n) is 8.27. The first kappa shape index (κ1) is 27.5. The van der Waals surface area contributed by atoms with E-state index in [2.05, 4.69) is 55.3 Å². The van der Waals surface area contributed by atoms with Gasteiger partial charge < -0.3 is 19.7 Å². The van der Waals surface area contributed by atoms with Gasteiger partial charge >= 0.3 is 5.97 Å². The van der Waals surface area contributed by atoms with Gasteiger partial charge in [0.15, 0.2) is 0 Å². The number of nitrogens with one attached hydrogen (secondary N) is 1. The van der Waals surface area contributed by atoms with Crippen LogP contribution in [0.5, 0.6) is 5.75 Å². The Morgan fingerprint density at radius 1 is 0.944 bits per heavy atom. The number of carbonyl (C=O) groups excluding carboxylic acids is 2. The number of methoxy groups -OCH3 is 2. The molecule has 36 heavy (non-hydrogen) atoms. The molecule has 0 unspecified atom stereocenters. The molecule has 0 aliphatic carbocycles. The molecule has 9 heteroatoms. The van der Waals surface area contributed by atoms with Crippen LogP contribution < -0.4 is 15.0 Å². The summed E-state index contributed by atoms with van der Waals surface area (Å²) in [5, 5.41) is 2.99. The first-order valence-electron chi connectivity index (χ1n) is 11.4. The maximum absolute atomic E-state index is 13.2. The fraction of sp³-hybridized carbons (Fsp3) is 0.259. The van der Waals surface area contributed by atoms with Crippen molar-refractivity contribution in [1.82, 2.24) is 4.90 Å². The maximum atomic E-state index is 13.2. The number of carbonyl (C=O) groups is 2. The Hall–Kier alpha value is -3.07. The molecule has 7 nitrogen and oxygen atoms in total. The van der Waals surface area contributed by atoms with Crippen LogP contribution in [0.3, 0.4) is 0 Å². The second kappa shape index (κ2) is 12.8. The number of ether oxygens (including phenoxy) is 2. The molecular weight excluding hydrogens is 546 g/mol. The van der Waals surface area contributed by atoms with E-state index in [0.717, 1.165) is 42.9 Å². The number of nitrogens with zero attached hydrogens (tertiary/aromatic N) is 2. The van der Waals surface area contributed by atoms with Crippen molar-refractivity contribution >= 4 is 51.6 Å². The van der Waals surface area contributed by atoms with Crippen molar-refractivity contribution in [3.05, 3.63) is 87.9 Å². The van der Waals surface area contributed by atoms with Crippen LogP contribution in [0, 0.1) is 0 Å². The minimum absolute atomic E-state index is 0. The molecule has 1 aliphatic rings. The van der Waals surface area contributed by atoms with Crippen LogP contribution in [-0.4, -0.2) is 57.2 Å². The van der Waals surface area contributed by atoms with Gasteiger partial charge in [0.2, 0.25) is 0 Å². The fourth-order valence-corrected chi connectivity index (χ4v) is 4.55. The van der Waals surface area contributed by atoms with E-state index in [1.807, 2.05) is 18.2 Å². The molecule has 0 spiro atoms. The molecular formula is C27H29BrClN3O4. The predicted molar refractivity (Wildman–Crippen MR) is 148 cm³/mol. The Labute approximate surface area is 225 Å². The van der Waals surface area contributed by atoms with E-state index in [1.165, 1.54) is 19.8 Å². The van der Waals surface area contributed by atoms with Crippen LogP contribution >= 0.6 is 28.3 Å². The molecule has 3 aromatic carbocycles. The van der Waals surface area contributed by atoms with Crippen molar-refractivity contribution in [1.29, 1.82) is 0 Å². The number of rotatable bonds is 7. The lowest BCUT2D eigenvalue weighted by molar-refractivity contribution is 0.0600. The molecule has 0 atom stereocenters. The molecule has 1 N–H and O–H groups in total. The van der Waals surface area contributed by atoms with Gasteiger partial charge in [0, 0.05) is 37.2 Å². The van der Waals surface area contributed by atoms with E-state index in [1.54, 1.807) is 24.3 Å². The number of amides is 1. The SMILES string of the molecule is COC(=O)c1ccc(N2CCN(Cc3ccccc3)CC2)c(NC(=O)c2cc(Br)ccc2OC)c1.Cl. The van der Waals surface area contributed by atoms with Gasteiger partial charge in [0.25, 0.3) is 5.91 Å². The highest BCUT2D eigenvalue weighted by molar-refractivity contribution is 9.10. The third-order valence-electron chi connectivity index (χ3n) is 6.03. The van der Waals surface area contributed by atoms with Crippen molar-refractivity contribution in [3.63, 3.8) is 0 Å². The Bertz CT molecular complexity index is 1200.